The molecule has 0 bridgehead atoms. The summed E-state index contributed by atoms with van der Waals surface area (Å²) in [6.45, 7) is 6.41. The van der Waals surface area contributed by atoms with Crippen LogP contribution in [0.3, 0.4) is 0 Å². The Labute approximate surface area is 117 Å². The zero-order valence-electron chi connectivity index (χ0n) is 11.0. The minimum absolute atomic E-state index is 0.155. The Bertz CT molecular complexity index is 533. The maximum Gasteiger partial charge on any atom is 0.169 e. The van der Waals surface area contributed by atoms with E-state index in [0.29, 0.717) is 0 Å². The van der Waals surface area contributed by atoms with Crippen LogP contribution in [0.5, 0.6) is 0 Å². The van der Waals surface area contributed by atoms with Gasteiger partial charge in [-0.2, -0.15) is 0 Å². The predicted molar refractivity (Wildman–Crippen MR) is 79.0 cm³/mol. The molecular weight excluding hydrogens is 290 g/mol. The second-order valence-corrected chi connectivity index (χ2v) is 5.25. The van der Waals surface area contributed by atoms with E-state index in [1.54, 1.807) is 0 Å². The number of hydrogen-bond donors (Lipinski definition) is 1. The molecule has 0 amide bonds. The van der Waals surface area contributed by atoms with E-state index in [2.05, 4.69) is 60.2 Å². The minimum Gasteiger partial charge on any atom is -0.452 e. The Kier molecular flexibility index (Phi) is 4.12. The summed E-state index contributed by atoms with van der Waals surface area (Å²) in [6, 6.07) is 10.5. The SMILES string of the molecule is CCc1cccc(C)c1NC(C)c1ccc(Br)o1. The largest absolute Gasteiger partial charge is 0.452 e. The molecule has 18 heavy (non-hydrogen) atoms. The van der Waals surface area contributed by atoms with Gasteiger partial charge in [-0.3, -0.25) is 0 Å². The van der Waals surface area contributed by atoms with Crippen molar-refractivity contribution in [1.82, 2.24) is 0 Å². The van der Waals surface area contributed by atoms with Gasteiger partial charge < -0.3 is 9.73 Å². The number of benzene rings is 1. The Morgan fingerprint density at radius 1 is 1.28 bits per heavy atom. The molecule has 0 radical (unpaired) electrons. The Hall–Kier alpha value is -1.22. The molecule has 3 heteroatoms. The zero-order valence-corrected chi connectivity index (χ0v) is 12.5. The van der Waals surface area contributed by atoms with Gasteiger partial charge in [-0.15, -0.1) is 0 Å². The van der Waals surface area contributed by atoms with Gasteiger partial charge in [0, 0.05) is 5.69 Å². The van der Waals surface area contributed by atoms with Gasteiger partial charge in [0.05, 0.1) is 6.04 Å². The second-order valence-electron chi connectivity index (χ2n) is 4.47. The van der Waals surface area contributed by atoms with Crippen LogP contribution in [0, 0.1) is 6.92 Å². The smallest absolute Gasteiger partial charge is 0.169 e. The van der Waals surface area contributed by atoms with Gasteiger partial charge in [0.2, 0.25) is 0 Å². The molecule has 0 fully saturated rings. The molecule has 0 aliphatic carbocycles. The van der Waals surface area contributed by atoms with Gasteiger partial charge in [-0.1, -0.05) is 25.1 Å². The first-order valence-corrected chi connectivity index (χ1v) is 7.01. The summed E-state index contributed by atoms with van der Waals surface area (Å²) >= 11 is 3.33. The quantitative estimate of drug-likeness (QED) is 0.851. The van der Waals surface area contributed by atoms with Crippen molar-refractivity contribution in [3.8, 4) is 0 Å². The minimum atomic E-state index is 0.155. The molecule has 2 aromatic rings. The highest BCUT2D eigenvalue weighted by molar-refractivity contribution is 9.10. The lowest BCUT2D eigenvalue weighted by Crippen LogP contribution is -2.08. The first-order valence-electron chi connectivity index (χ1n) is 6.22. The van der Waals surface area contributed by atoms with Crippen LogP contribution in [0.15, 0.2) is 39.4 Å². The van der Waals surface area contributed by atoms with Crippen LogP contribution in [-0.2, 0) is 6.42 Å². The monoisotopic (exact) mass is 307 g/mol. The van der Waals surface area contributed by atoms with Crippen LogP contribution in [0.2, 0.25) is 0 Å². The number of para-hydroxylation sites is 1. The Balaban J connectivity index is 2.23. The molecule has 0 aliphatic heterocycles. The van der Waals surface area contributed by atoms with E-state index in [9.17, 15) is 0 Å². The van der Waals surface area contributed by atoms with E-state index >= 15 is 0 Å². The van der Waals surface area contributed by atoms with Gasteiger partial charge in [0.15, 0.2) is 4.67 Å². The van der Waals surface area contributed by atoms with Crippen molar-refractivity contribution in [3.63, 3.8) is 0 Å². The fraction of sp³-hybridized carbons (Fsp3) is 0.333. The first kappa shape index (κ1) is 13.2. The number of hydrogen-bond acceptors (Lipinski definition) is 2. The zero-order chi connectivity index (χ0) is 13.1. The number of nitrogens with one attached hydrogen (secondary N) is 1. The molecule has 1 unspecified atom stereocenters. The highest BCUT2D eigenvalue weighted by Gasteiger charge is 2.12. The molecule has 2 rings (SSSR count). The molecule has 0 aliphatic rings. The average Bonchev–Trinajstić information content (AvgIpc) is 2.78. The van der Waals surface area contributed by atoms with Crippen LogP contribution in [0.4, 0.5) is 5.69 Å². The van der Waals surface area contributed by atoms with E-state index in [1.807, 2.05) is 12.1 Å². The van der Waals surface area contributed by atoms with Crippen molar-refractivity contribution in [2.45, 2.75) is 33.2 Å². The number of halogens is 1. The van der Waals surface area contributed by atoms with Crippen molar-refractivity contribution >= 4 is 21.6 Å². The molecule has 96 valence electrons. The highest BCUT2D eigenvalue weighted by Crippen LogP contribution is 2.28. The van der Waals surface area contributed by atoms with Crippen LogP contribution in [0.1, 0.15) is 36.8 Å². The third-order valence-corrected chi connectivity index (χ3v) is 3.55. The molecule has 0 spiro atoms. The Morgan fingerprint density at radius 2 is 2.06 bits per heavy atom. The maximum absolute atomic E-state index is 5.59. The van der Waals surface area contributed by atoms with Crippen molar-refractivity contribution in [1.29, 1.82) is 0 Å². The predicted octanol–water partition coefficient (Wildman–Crippen LogP) is 5.09. The van der Waals surface area contributed by atoms with E-state index < -0.39 is 0 Å². The maximum atomic E-state index is 5.59. The van der Waals surface area contributed by atoms with E-state index in [1.165, 1.54) is 16.8 Å². The Morgan fingerprint density at radius 3 is 2.67 bits per heavy atom. The van der Waals surface area contributed by atoms with Crippen molar-refractivity contribution in [3.05, 3.63) is 51.9 Å². The van der Waals surface area contributed by atoms with Gasteiger partial charge in [0.1, 0.15) is 5.76 Å². The van der Waals surface area contributed by atoms with E-state index in [4.69, 9.17) is 4.42 Å². The summed E-state index contributed by atoms with van der Waals surface area (Å²) in [4.78, 5) is 0. The lowest BCUT2D eigenvalue weighted by molar-refractivity contribution is 0.471. The van der Waals surface area contributed by atoms with Crippen LogP contribution >= 0.6 is 15.9 Å². The summed E-state index contributed by atoms with van der Waals surface area (Å²) in [6.07, 6.45) is 1.03. The highest BCUT2D eigenvalue weighted by atomic mass is 79.9. The van der Waals surface area contributed by atoms with Gasteiger partial charge in [0.25, 0.3) is 0 Å². The van der Waals surface area contributed by atoms with Crippen molar-refractivity contribution in [2.75, 3.05) is 5.32 Å². The summed E-state index contributed by atoms with van der Waals surface area (Å²) in [7, 11) is 0. The lowest BCUT2D eigenvalue weighted by Gasteiger charge is -2.18. The summed E-state index contributed by atoms with van der Waals surface area (Å²) in [5.74, 6) is 0.937. The van der Waals surface area contributed by atoms with Gasteiger partial charge >= 0.3 is 0 Å². The van der Waals surface area contributed by atoms with Crippen LogP contribution in [0.25, 0.3) is 0 Å². The van der Waals surface area contributed by atoms with E-state index in [0.717, 1.165) is 16.9 Å². The average molecular weight is 308 g/mol. The summed E-state index contributed by atoms with van der Waals surface area (Å²) < 4.78 is 6.36. The molecule has 1 aromatic heterocycles. The van der Waals surface area contributed by atoms with E-state index in [-0.39, 0.29) is 6.04 Å². The van der Waals surface area contributed by atoms with Gasteiger partial charge in [-0.25, -0.2) is 0 Å². The number of furan rings is 1. The first-order chi connectivity index (χ1) is 8.61. The molecule has 1 atom stereocenters. The molecule has 1 heterocycles. The third-order valence-electron chi connectivity index (χ3n) is 3.12. The normalized spacial score (nSPS) is 12.4. The molecular formula is C15H18BrNO. The number of aryl methyl sites for hydroxylation is 2. The molecule has 1 aromatic carbocycles. The molecule has 1 N–H and O–H groups in total. The van der Waals surface area contributed by atoms with Crippen molar-refractivity contribution in [2.24, 2.45) is 0 Å². The fourth-order valence-corrected chi connectivity index (χ4v) is 2.40. The fourth-order valence-electron chi connectivity index (χ4n) is 2.08. The van der Waals surface area contributed by atoms with Crippen molar-refractivity contribution < 1.29 is 4.42 Å². The van der Waals surface area contributed by atoms with Crippen LogP contribution in [-0.4, -0.2) is 0 Å². The molecule has 0 saturated carbocycles. The molecule has 2 nitrogen and oxygen atoms in total. The lowest BCUT2D eigenvalue weighted by atomic mass is 10.0. The summed E-state index contributed by atoms with van der Waals surface area (Å²) in [5.41, 5.74) is 3.83. The topological polar surface area (TPSA) is 25.2 Å². The third kappa shape index (κ3) is 2.78. The van der Waals surface area contributed by atoms with Gasteiger partial charge in [-0.05, 0) is 59.5 Å². The number of rotatable bonds is 4. The number of anilines is 1. The second kappa shape index (κ2) is 5.61. The molecule has 0 saturated heterocycles. The summed E-state index contributed by atoms with van der Waals surface area (Å²) in [5, 5.41) is 3.54. The standard InChI is InChI=1S/C15H18BrNO/c1-4-12-7-5-6-10(2)15(12)17-11(3)13-8-9-14(16)18-13/h5-9,11,17H,4H2,1-3H3. The van der Waals surface area contributed by atoms with Crippen LogP contribution < -0.4 is 5.32 Å².